The average molecular weight is 208 g/mol. The normalized spacial score (nSPS) is 9.43. The van der Waals surface area contributed by atoms with Gasteiger partial charge in [-0.3, -0.25) is 0 Å². The van der Waals surface area contributed by atoms with Gasteiger partial charge in [0.15, 0.2) is 0 Å². The highest BCUT2D eigenvalue weighted by molar-refractivity contribution is 7.18. The van der Waals surface area contributed by atoms with Crippen LogP contribution in [0.3, 0.4) is 0 Å². The highest BCUT2D eigenvalue weighted by Gasteiger charge is 1.99. The third kappa shape index (κ3) is 2.23. The second-order valence-corrected chi connectivity index (χ2v) is 3.97. The lowest BCUT2D eigenvalue weighted by Gasteiger charge is -1.96. The molecule has 0 atom stereocenters. The van der Waals surface area contributed by atoms with Crippen LogP contribution in [-0.2, 0) is 0 Å². The number of aromatic nitrogens is 1. The summed E-state index contributed by atoms with van der Waals surface area (Å²) in [4.78, 5) is 5.72. The van der Waals surface area contributed by atoms with Gasteiger partial charge in [-0.1, -0.05) is 13.8 Å². The summed E-state index contributed by atoms with van der Waals surface area (Å²) in [6.45, 7) is 6.10. The molecule has 0 aliphatic rings. The minimum atomic E-state index is 0.931. The number of hydrogen-bond acceptors (Lipinski definition) is 3. The van der Waals surface area contributed by atoms with Gasteiger partial charge in [0.2, 0.25) is 0 Å². The largest absolute Gasteiger partial charge is 0.373 e. The van der Waals surface area contributed by atoms with Crippen molar-refractivity contribution in [3.63, 3.8) is 0 Å². The van der Waals surface area contributed by atoms with Crippen LogP contribution < -0.4 is 5.32 Å². The maximum atomic E-state index is 4.41. The van der Waals surface area contributed by atoms with E-state index in [1.807, 2.05) is 27.0 Å². The number of nitrogens with zero attached hydrogens (tertiary/aromatic N) is 1. The van der Waals surface area contributed by atoms with E-state index < -0.39 is 0 Å². The lowest BCUT2D eigenvalue weighted by molar-refractivity contribution is 1.35. The number of fused-ring (bicyclic) bond motifs is 1. The van der Waals surface area contributed by atoms with Crippen LogP contribution in [0.5, 0.6) is 0 Å². The summed E-state index contributed by atoms with van der Waals surface area (Å²) in [6, 6.07) is 6.21. The van der Waals surface area contributed by atoms with Crippen molar-refractivity contribution in [3.8, 4) is 0 Å². The van der Waals surface area contributed by atoms with E-state index in [0.29, 0.717) is 0 Å². The minimum Gasteiger partial charge on any atom is -0.373 e. The fourth-order valence-corrected chi connectivity index (χ4v) is 2.05. The zero-order valence-electron chi connectivity index (χ0n) is 9.09. The number of rotatable bonds is 1. The maximum absolute atomic E-state index is 4.41. The van der Waals surface area contributed by atoms with Gasteiger partial charge in [0.25, 0.3) is 0 Å². The van der Waals surface area contributed by atoms with E-state index in [1.165, 1.54) is 9.58 Å². The van der Waals surface area contributed by atoms with Crippen LogP contribution in [0.1, 0.15) is 18.7 Å². The molecule has 0 saturated heterocycles. The molecule has 0 spiro atoms. The molecule has 1 N–H and O–H groups in total. The van der Waals surface area contributed by atoms with Crippen LogP contribution in [0.4, 0.5) is 5.82 Å². The predicted molar refractivity (Wildman–Crippen MR) is 65.3 cm³/mol. The van der Waals surface area contributed by atoms with Crippen molar-refractivity contribution in [2.45, 2.75) is 20.8 Å². The predicted octanol–water partition coefficient (Wildman–Crippen LogP) is 3.67. The molecular weight excluding hydrogens is 192 g/mol. The van der Waals surface area contributed by atoms with E-state index in [-0.39, 0.29) is 0 Å². The van der Waals surface area contributed by atoms with Crippen molar-refractivity contribution >= 4 is 27.4 Å². The molecule has 3 heteroatoms. The Hall–Kier alpha value is -1.09. The molecular formula is C11H16N2S. The monoisotopic (exact) mass is 208 g/mol. The fraction of sp³-hybridized carbons (Fsp3) is 0.364. The smallest absolute Gasteiger partial charge is 0.126 e. The highest BCUT2D eigenvalue weighted by atomic mass is 32.1. The Morgan fingerprint density at radius 1 is 1.29 bits per heavy atom. The van der Waals surface area contributed by atoms with Crippen LogP contribution in [0.2, 0.25) is 0 Å². The van der Waals surface area contributed by atoms with E-state index in [9.17, 15) is 0 Å². The van der Waals surface area contributed by atoms with E-state index in [0.717, 1.165) is 11.3 Å². The highest BCUT2D eigenvalue weighted by Crippen LogP contribution is 2.24. The first-order valence-electron chi connectivity index (χ1n) is 4.84. The van der Waals surface area contributed by atoms with Gasteiger partial charge in [0, 0.05) is 11.9 Å². The standard InChI is InChI=1S/C9H10N2S.C2H6/c1-6-5-7-8(12-6)3-4-9(10-2)11-7;1-2/h3-5H,1-2H3,(H,10,11);1-2H3. The molecule has 76 valence electrons. The van der Waals surface area contributed by atoms with Gasteiger partial charge in [-0.2, -0.15) is 0 Å². The molecule has 2 rings (SSSR count). The zero-order chi connectivity index (χ0) is 10.6. The third-order valence-electron chi connectivity index (χ3n) is 1.75. The molecule has 0 unspecified atom stereocenters. The van der Waals surface area contributed by atoms with Crippen molar-refractivity contribution in [1.29, 1.82) is 0 Å². The Labute approximate surface area is 89.0 Å². The van der Waals surface area contributed by atoms with Crippen LogP contribution in [0.15, 0.2) is 18.2 Å². The molecule has 0 saturated carbocycles. The third-order valence-corrected chi connectivity index (χ3v) is 2.76. The summed E-state index contributed by atoms with van der Waals surface area (Å²) in [6.07, 6.45) is 0. The van der Waals surface area contributed by atoms with Crippen molar-refractivity contribution in [3.05, 3.63) is 23.1 Å². The first-order chi connectivity index (χ1) is 6.79. The summed E-state index contributed by atoms with van der Waals surface area (Å²) >= 11 is 1.78. The summed E-state index contributed by atoms with van der Waals surface area (Å²) in [5.41, 5.74) is 1.09. The van der Waals surface area contributed by atoms with Gasteiger partial charge in [-0.15, -0.1) is 11.3 Å². The second-order valence-electron chi connectivity index (χ2n) is 2.69. The van der Waals surface area contributed by atoms with Gasteiger partial charge in [-0.25, -0.2) is 4.98 Å². The Balaban J connectivity index is 0.000000461. The molecule has 2 heterocycles. The van der Waals surface area contributed by atoms with Crippen molar-refractivity contribution < 1.29 is 0 Å². The number of thiophene rings is 1. The molecule has 2 aromatic rings. The van der Waals surface area contributed by atoms with Gasteiger partial charge in [0.05, 0.1) is 10.2 Å². The van der Waals surface area contributed by atoms with Crippen molar-refractivity contribution in [1.82, 2.24) is 4.98 Å². The summed E-state index contributed by atoms with van der Waals surface area (Å²) in [5.74, 6) is 0.931. The van der Waals surface area contributed by atoms with Crippen molar-refractivity contribution in [2.75, 3.05) is 12.4 Å². The molecule has 0 aliphatic heterocycles. The molecule has 0 amide bonds. The second kappa shape index (κ2) is 4.96. The Bertz CT molecular complexity index is 407. The van der Waals surface area contributed by atoms with E-state index in [1.54, 1.807) is 11.3 Å². The lowest BCUT2D eigenvalue weighted by Crippen LogP contribution is -1.89. The molecule has 0 fully saturated rings. The number of hydrogen-bond donors (Lipinski definition) is 1. The summed E-state index contributed by atoms with van der Waals surface area (Å²) in [5, 5.41) is 3.02. The van der Waals surface area contributed by atoms with Gasteiger partial charge in [0.1, 0.15) is 5.82 Å². The molecule has 2 nitrogen and oxygen atoms in total. The first-order valence-corrected chi connectivity index (χ1v) is 5.66. The quantitative estimate of drug-likeness (QED) is 0.773. The topological polar surface area (TPSA) is 24.9 Å². The van der Waals surface area contributed by atoms with Crippen LogP contribution in [0, 0.1) is 6.92 Å². The van der Waals surface area contributed by atoms with Crippen LogP contribution in [0.25, 0.3) is 10.2 Å². The van der Waals surface area contributed by atoms with E-state index in [2.05, 4.69) is 29.4 Å². The van der Waals surface area contributed by atoms with E-state index in [4.69, 9.17) is 0 Å². The number of aryl methyl sites for hydroxylation is 1. The molecule has 0 radical (unpaired) electrons. The number of pyridine rings is 1. The molecule has 0 bridgehead atoms. The Morgan fingerprint density at radius 2 is 2.00 bits per heavy atom. The number of nitrogens with one attached hydrogen (secondary N) is 1. The molecule has 0 aromatic carbocycles. The van der Waals surface area contributed by atoms with Crippen LogP contribution in [-0.4, -0.2) is 12.0 Å². The van der Waals surface area contributed by atoms with Crippen LogP contribution >= 0.6 is 11.3 Å². The van der Waals surface area contributed by atoms with Crippen molar-refractivity contribution in [2.24, 2.45) is 0 Å². The van der Waals surface area contributed by atoms with Gasteiger partial charge >= 0.3 is 0 Å². The first kappa shape index (κ1) is 11.0. The SMILES string of the molecule is CC.CNc1ccc2sc(C)cc2n1. The minimum absolute atomic E-state index is 0.931. The van der Waals surface area contributed by atoms with Gasteiger partial charge in [-0.05, 0) is 25.1 Å². The van der Waals surface area contributed by atoms with E-state index >= 15 is 0 Å². The average Bonchev–Trinajstić information content (AvgIpc) is 2.59. The molecule has 2 aromatic heterocycles. The Morgan fingerprint density at radius 3 is 2.64 bits per heavy atom. The van der Waals surface area contributed by atoms with Gasteiger partial charge < -0.3 is 5.32 Å². The fourth-order valence-electron chi connectivity index (χ4n) is 1.19. The summed E-state index contributed by atoms with van der Waals surface area (Å²) < 4.78 is 1.26. The zero-order valence-corrected chi connectivity index (χ0v) is 9.90. The number of anilines is 1. The summed E-state index contributed by atoms with van der Waals surface area (Å²) in [7, 11) is 1.88. The lowest BCUT2D eigenvalue weighted by atomic mass is 10.4. The molecule has 0 aliphatic carbocycles. The maximum Gasteiger partial charge on any atom is 0.126 e. The Kier molecular flexibility index (Phi) is 3.89. The molecule has 14 heavy (non-hydrogen) atoms.